The summed E-state index contributed by atoms with van der Waals surface area (Å²) >= 11 is 0. The Morgan fingerprint density at radius 1 is 1.17 bits per heavy atom. The van der Waals surface area contributed by atoms with Crippen LogP contribution in [0.1, 0.15) is 45.1 Å². The number of piperidine rings is 1. The van der Waals surface area contributed by atoms with E-state index in [9.17, 15) is 4.79 Å². The number of aromatic nitrogens is 1. The molecule has 3 rings (SSSR count). The van der Waals surface area contributed by atoms with Gasteiger partial charge >= 0.3 is 6.09 Å². The molecule has 1 aliphatic rings. The second-order valence-electron chi connectivity index (χ2n) is 7.22. The predicted molar refractivity (Wildman–Crippen MR) is 91.5 cm³/mol. The number of fused-ring (bicyclic) bond motifs is 1. The van der Waals surface area contributed by atoms with Gasteiger partial charge in [0.1, 0.15) is 5.60 Å². The summed E-state index contributed by atoms with van der Waals surface area (Å²) in [6, 6.07) is 8.63. The number of amides is 1. The molecule has 2 heterocycles. The number of nitrogens with zero attached hydrogens (tertiary/aromatic N) is 2. The molecule has 0 spiro atoms. The van der Waals surface area contributed by atoms with Crippen molar-refractivity contribution < 1.29 is 9.53 Å². The zero-order chi connectivity index (χ0) is 16.4. The summed E-state index contributed by atoms with van der Waals surface area (Å²) in [5, 5.41) is 2.40. The molecule has 2 aromatic rings. The molecule has 4 nitrogen and oxygen atoms in total. The van der Waals surface area contributed by atoms with E-state index in [1.54, 1.807) is 0 Å². The number of ether oxygens (including phenoxy) is 1. The molecule has 1 amide bonds. The molecule has 0 aliphatic carbocycles. The van der Waals surface area contributed by atoms with Crippen molar-refractivity contribution >= 4 is 16.9 Å². The fourth-order valence-electron chi connectivity index (χ4n) is 3.08. The number of carbonyl (C=O) groups excluding carboxylic acids is 1. The summed E-state index contributed by atoms with van der Waals surface area (Å²) < 4.78 is 5.45. The van der Waals surface area contributed by atoms with E-state index < -0.39 is 5.60 Å². The fourth-order valence-corrected chi connectivity index (χ4v) is 3.08. The Balaban J connectivity index is 1.65. The number of pyridine rings is 1. The van der Waals surface area contributed by atoms with Crippen LogP contribution in [-0.2, 0) is 4.74 Å². The maximum absolute atomic E-state index is 12.1. The van der Waals surface area contributed by atoms with Crippen molar-refractivity contribution in [1.29, 1.82) is 0 Å². The van der Waals surface area contributed by atoms with Gasteiger partial charge in [-0.1, -0.05) is 12.1 Å². The molecule has 1 aromatic carbocycles. The van der Waals surface area contributed by atoms with Crippen LogP contribution in [0.25, 0.3) is 10.8 Å². The number of hydrogen-bond donors (Lipinski definition) is 0. The molecule has 0 N–H and O–H groups in total. The van der Waals surface area contributed by atoms with Gasteiger partial charge in [-0.2, -0.15) is 0 Å². The minimum absolute atomic E-state index is 0.196. The predicted octanol–water partition coefficient (Wildman–Crippen LogP) is 4.35. The zero-order valence-electron chi connectivity index (χ0n) is 14.1. The highest BCUT2D eigenvalue weighted by molar-refractivity contribution is 5.82. The molecule has 1 fully saturated rings. The van der Waals surface area contributed by atoms with Crippen molar-refractivity contribution in [1.82, 2.24) is 9.88 Å². The molecule has 0 atom stereocenters. The second kappa shape index (κ2) is 6.19. The topological polar surface area (TPSA) is 42.4 Å². The monoisotopic (exact) mass is 312 g/mol. The van der Waals surface area contributed by atoms with Gasteiger partial charge in [0.05, 0.1) is 0 Å². The van der Waals surface area contributed by atoms with Gasteiger partial charge in [-0.25, -0.2) is 4.79 Å². The summed E-state index contributed by atoms with van der Waals surface area (Å²) in [5.74, 6) is 0.498. The van der Waals surface area contributed by atoms with Gasteiger partial charge in [0, 0.05) is 30.9 Å². The van der Waals surface area contributed by atoms with Crippen LogP contribution in [0.3, 0.4) is 0 Å². The second-order valence-corrected chi connectivity index (χ2v) is 7.22. The minimum Gasteiger partial charge on any atom is -0.444 e. The lowest BCUT2D eigenvalue weighted by Crippen LogP contribution is -2.41. The van der Waals surface area contributed by atoms with Crippen molar-refractivity contribution in [2.24, 2.45) is 0 Å². The third-order valence-electron chi connectivity index (χ3n) is 4.28. The molecule has 0 unspecified atom stereocenters. The van der Waals surface area contributed by atoms with E-state index >= 15 is 0 Å². The Kier molecular flexibility index (Phi) is 4.24. The maximum Gasteiger partial charge on any atom is 0.410 e. The van der Waals surface area contributed by atoms with Gasteiger partial charge in [-0.3, -0.25) is 4.98 Å². The van der Waals surface area contributed by atoms with Crippen LogP contribution in [-0.4, -0.2) is 34.7 Å². The van der Waals surface area contributed by atoms with Gasteiger partial charge < -0.3 is 9.64 Å². The average molecular weight is 312 g/mol. The van der Waals surface area contributed by atoms with Crippen LogP contribution in [0, 0.1) is 0 Å². The Hall–Kier alpha value is -2.10. The lowest BCUT2D eigenvalue weighted by molar-refractivity contribution is 0.0205. The van der Waals surface area contributed by atoms with Gasteiger partial charge in [-0.15, -0.1) is 0 Å². The Morgan fingerprint density at radius 3 is 2.61 bits per heavy atom. The Morgan fingerprint density at radius 2 is 1.91 bits per heavy atom. The standard InChI is InChI=1S/C19H24N2O2/c1-19(2,3)23-18(22)21-10-7-15(8-11-21)16-5-4-14-6-9-20-13-17(14)12-16/h4-6,9,12-13,15H,7-8,10-11H2,1-3H3. The molecule has 1 aliphatic heterocycles. The summed E-state index contributed by atoms with van der Waals surface area (Å²) in [6.07, 6.45) is 5.49. The molecule has 122 valence electrons. The van der Waals surface area contributed by atoms with Gasteiger partial charge in [-0.05, 0) is 62.6 Å². The van der Waals surface area contributed by atoms with E-state index in [1.807, 2.05) is 44.1 Å². The lowest BCUT2D eigenvalue weighted by atomic mass is 9.88. The molecular weight excluding hydrogens is 288 g/mol. The van der Waals surface area contributed by atoms with E-state index in [0.717, 1.165) is 25.9 Å². The first-order valence-corrected chi connectivity index (χ1v) is 8.24. The van der Waals surface area contributed by atoms with Gasteiger partial charge in [0.25, 0.3) is 0 Å². The SMILES string of the molecule is CC(C)(C)OC(=O)N1CCC(c2ccc3ccncc3c2)CC1. The maximum atomic E-state index is 12.1. The lowest BCUT2D eigenvalue weighted by Gasteiger charge is -2.33. The first-order chi connectivity index (χ1) is 10.9. The quantitative estimate of drug-likeness (QED) is 0.786. The number of carbonyl (C=O) groups is 1. The molecule has 1 aromatic heterocycles. The molecule has 0 bridgehead atoms. The molecule has 0 saturated carbocycles. The third-order valence-corrected chi connectivity index (χ3v) is 4.28. The third kappa shape index (κ3) is 3.81. The molecule has 0 radical (unpaired) electrons. The zero-order valence-corrected chi connectivity index (χ0v) is 14.1. The fraction of sp³-hybridized carbons (Fsp3) is 0.474. The first kappa shape index (κ1) is 15.8. The van der Waals surface area contributed by atoms with Crippen molar-refractivity contribution in [2.75, 3.05) is 13.1 Å². The van der Waals surface area contributed by atoms with Crippen molar-refractivity contribution in [2.45, 2.75) is 45.1 Å². The van der Waals surface area contributed by atoms with E-state index in [4.69, 9.17) is 4.74 Å². The van der Waals surface area contributed by atoms with E-state index in [1.165, 1.54) is 16.3 Å². The highest BCUT2D eigenvalue weighted by Crippen LogP contribution is 2.30. The Bertz CT molecular complexity index is 698. The minimum atomic E-state index is -0.431. The normalized spacial score (nSPS) is 16.6. The van der Waals surface area contributed by atoms with E-state index in [0.29, 0.717) is 5.92 Å². The molecule has 1 saturated heterocycles. The van der Waals surface area contributed by atoms with Crippen molar-refractivity contribution in [3.63, 3.8) is 0 Å². The molecular formula is C19H24N2O2. The average Bonchev–Trinajstić information content (AvgIpc) is 2.53. The van der Waals surface area contributed by atoms with Crippen LogP contribution in [0.2, 0.25) is 0 Å². The van der Waals surface area contributed by atoms with Crippen LogP contribution >= 0.6 is 0 Å². The summed E-state index contributed by atoms with van der Waals surface area (Å²) in [6.45, 7) is 7.22. The summed E-state index contributed by atoms with van der Waals surface area (Å²) in [7, 11) is 0. The largest absolute Gasteiger partial charge is 0.444 e. The Labute approximate surface area is 137 Å². The van der Waals surface area contributed by atoms with Crippen molar-refractivity contribution in [3.8, 4) is 0 Å². The van der Waals surface area contributed by atoms with Crippen LogP contribution in [0.5, 0.6) is 0 Å². The van der Waals surface area contributed by atoms with Gasteiger partial charge in [0.15, 0.2) is 0 Å². The smallest absolute Gasteiger partial charge is 0.410 e. The molecule has 23 heavy (non-hydrogen) atoms. The number of benzene rings is 1. The number of rotatable bonds is 1. The summed E-state index contributed by atoms with van der Waals surface area (Å²) in [5.41, 5.74) is 0.911. The highest BCUT2D eigenvalue weighted by atomic mass is 16.6. The highest BCUT2D eigenvalue weighted by Gasteiger charge is 2.27. The van der Waals surface area contributed by atoms with Crippen LogP contribution in [0.4, 0.5) is 4.79 Å². The first-order valence-electron chi connectivity index (χ1n) is 8.24. The van der Waals surface area contributed by atoms with Crippen molar-refractivity contribution in [3.05, 3.63) is 42.2 Å². The van der Waals surface area contributed by atoms with Crippen LogP contribution in [0.15, 0.2) is 36.7 Å². The molecule has 4 heteroatoms. The van der Waals surface area contributed by atoms with E-state index in [-0.39, 0.29) is 6.09 Å². The number of likely N-dealkylation sites (tertiary alicyclic amines) is 1. The summed E-state index contributed by atoms with van der Waals surface area (Å²) in [4.78, 5) is 18.1. The van der Waals surface area contributed by atoms with Crippen LogP contribution < -0.4 is 0 Å². The number of hydrogen-bond acceptors (Lipinski definition) is 3. The van der Waals surface area contributed by atoms with E-state index in [2.05, 4.69) is 23.2 Å². The van der Waals surface area contributed by atoms with Gasteiger partial charge in [0.2, 0.25) is 0 Å².